The minimum Gasteiger partial charge on any atom is -0.491 e. The van der Waals surface area contributed by atoms with Crippen LogP contribution in [0.3, 0.4) is 0 Å². The maximum atomic E-state index is 12.3. The largest absolute Gasteiger partial charge is 0.491 e. The van der Waals surface area contributed by atoms with Crippen LogP contribution in [0.2, 0.25) is 0 Å². The van der Waals surface area contributed by atoms with E-state index in [4.69, 9.17) is 9.47 Å². The molecule has 0 atom stereocenters. The van der Waals surface area contributed by atoms with E-state index in [1.807, 2.05) is 24.3 Å². The molecule has 1 aliphatic heterocycles. The fourth-order valence-corrected chi connectivity index (χ4v) is 3.47. The van der Waals surface area contributed by atoms with Gasteiger partial charge in [0.1, 0.15) is 12.3 Å². The van der Waals surface area contributed by atoms with Crippen LogP contribution >= 0.6 is 0 Å². The highest BCUT2D eigenvalue weighted by molar-refractivity contribution is 6.00. The van der Waals surface area contributed by atoms with Crippen LogP contribution in [0.5, 0.6) is 5.75 Å². The molecule has 1 aliphatic carbocycles. The summed E-state index contributed by atoms with van der Waals surface area (Å²) < 4.78 is 11.5. The average molecular weight is 360 g/mol. The maximum Gasteiger partial charge on any atom is 0.240 e. The van der Waals surface area contributed by atoms with E-state index < -0.39 is 0 Å². The van der Waals surface area contributed by atoms with Gasteiger partial charge in [0.25, 0.3) is 0 Å². The van der Waals surface area contributed by atoms with Gasteiger partial charge in [0, 0.05) is 13.2 Å². The molecule has 1 aromatic rings. The lowest BCUT2D eigenvalue weighted by Gasteiger charge is -2.22. The van der Waals surface area contributed by atoms with E-state index >= 15 is 0 Å². The lowest BCUT2D eigenvalue weighted by molar-refractivity contribution is -0.124. The third-order valence-electron chi connectivity index (χ3n) is 4.88. The summed E-state index contributed by atoms with van der Waals surface area (Å²) in [5.41, 5.74) is 0.658. The Morgan fingerprint density at radius 1 is 1.23 bits per heavy atom. The summed E-state index contributed by atoms with van der Waals surface area (Å²) in [5.74, 6) is 0.394. The van der Waals surface area contributed by atoms with Crippen molar-refractivity contribution in [2.45, 2.75) is 51.0 Å². The molecule has 3 rings (SSSR count). The van der Waals surface area contributed by atoms with Gasteiger partial charge in [-0.1, -0.05) is 31.4 Å². The average Bonchev–Trinajstić information content (AvgIpc) is 2.82. The molecule has 1 fully saturated rings. The minimum absolute atomic E-state index is 0.0166. The van der Waals surface area contributed by atoms with Crippen molar-refractivity contribution in [2.24, 2.45) is 0 Å². The van der Waals surface area contributed by atoms with Crippen LogP contribution in [-0.2, 0) is 14.3 Å². The summed E-state index contributed by atoms with van der Waals surface area (Å²) in [6.45, 7) is 1.59. The highest BCUT2D eigenvalue weighted by Gasteiger charge is 2.24. The fourth-order valence-electron chi connectivity index (χ4n) is 3.47. The van der Waals surface area contributed by atoms with Crippen molar-refractivity contribution in [3.63, 3.8) is 0 Å². The van der Waals surface area contributed by atoms with Gasteiger partial charge in [0.15, 0.2) is 0 Å². The van der Waals surface area contributed by atoms with Crippen LogP contribution in [0, 0.1) is 0 Å². The Morgan fingerprint density at radius 3 is 2.88 bits per heavy atom. The van der Waals surface area contributed by atoms with E-state index in [9.17, 15) is 9.59 Å². The van der Waals surface area contributed by atoms with Crippen LogP contribution in [0.25, 0.3) is 0 Å². The molecule has 0 unspecified atom stereocenters. The number of rotatable bonds is 7. The summed E-state index contributed by atoms with van der Waals surface area (Å²) in [5, 5.41) is 2.89. The highest BCUT2D eigenvalue weighted by atomic mass is 16.5. The molecule has 26 heavy (non-hydrogen) atoms. The normalized spacial score (nSPS) is 18.0. The zero-order valence-corrected chi connectivity index (χ0v) is 15.2. The van der Waals surface area contributed by atoms with Crippen LogP contribution in [0.4, 0.5) is 5.69 Å². The van der Waals surface area contributed by atoms with Gasteiger partial charge in [0.05, 0.1) is 24.8 Å². The molecule has 0 radical (unpaired) electrons. The van der Waals surface area contributed by atoms with Gasteiger partial charge in [-0.2, -0.15) is 0 Å². The van der Waals surface area contributed by atoms with Crippen LogP contribution in [0.15, 0.2) is 24.3 Å². The molecule has 0 spiro atoms. The number of carbonyl (C=O) groups is 2. The molecule has 2 amide bonds. The molecule has 1 saturated carbocycles. The van der Waals surface area contributed by atoms with Gasteiger partial charge in [0.2, 0.25) is 11.8 Å². The zero-order chi connectivity index (χ0) is 18.2. The molecule has 0 saturated heterocycles. The van der Waals surface area contributed by atoms with Gasteiger partial charge in [-0.15, -0.1) is 0 Å². The van der Waals surface area contributed by atoms with Crippen molar-refractivity contribution < 1.29 is 19.1 Å². The first-order valence-electron chi connectivity index (χ1n) is 9.64. The number of nitrogens with zero attached hydrogens (tertiary/aromatic N) is 1. The van der Waals surface area contributed by atoms with Gasteiger partial charge >= 0.3 is 0 Å². The summed E-state index contributed by atoms with van der Waals surface area (Å²) in [6.07, 6.45) is 7.61. The number of amides is 2. The number of ether oxygens (including phenoxy) is 2. The number of benzene rings is 1. The third kappa shape index (κ3) is 5.21. The number of hydrogen-bond donors (Lipinski definition) is 1. The number of para-hydroxylation sites is 2. The first-order valence-corrected chi connectivity index (χ1v) is 9.64. The van der Waals surface area contributed by atoms with Crippen molar-refractivity contribution in [3.05, 3.63) is 24.3 Å². The van der Waals surface area contributed by atoms with E-state index in [1.54, 1.807) is 0 Å². The van der Waals surface area contributed by atoms with Gasteiger partial charge < -0.3 is 14.8 Å². The molecular weight excluding hydrogens is 332 g/mol. The molecule has 6 nitrogen and oxygen atoms in total. The van der Waals surface area contributed by atoms with Gasteiger partial charge in [-0.3, -0.25) is 14.5 Å². The number of fused-ring (bicyclic) bond motifs is 1. The summed E-state index contributed by atoms with van der Waals surface area (Å²) in [6, 6.07) is 7.33. The van der Waals surface area contributed by atoms with Crippen molar-refractivity contribution in [1.82, 2.24) is 5.32 Å². The minimum atomic E-state index is -0.160. The van der Waals surface area contributed by atoms with Crippen LogP contribution < -0.4 is 15.0 Å². The summed E-state index contributed by atoms with van der Waals surface area (Å²) in [4.78, 5) is 26.1. The summed E-state index contributed by atoms with van der Waals surface area (Å²) in [7, 11) is 0. The number of hydrogen-bond acceptors (Lipinski definition) is 4. The number of carbonyl (C=O) groups excluding carboxylic acids is 2. The third-order valence-corrected chi connectivity index (χ3v) is 4.88. The first-order chi connectivity index (χ1) is 12.7. The molecule has 2 aliphatic rings. The molecule has 142 valence electrons. The van der Waals surface area contributed by atoms with Crippen LogP contribution in [0.1, 0.15) is 44.9 Å². The fraction of sp³-hybridized carbons (Fsp3) is 0.600. The molecular formula is C20H28N2O4. The Labute approximate surface area is 154 Å². The lowest BCUT2D eigenvalue weighted by Crippen LogP contribution is -2.41. The molecule has 6 heteroatoms. The number of nitrogens with one attached hydrogen (secondary N) is 1. The predicted octanol–water partition coefficient (Wildman–Crippen LogP) is 2.66. The van der Waals surface area contributed by atoms with Crippen molar-refractivity contribution in [1.29, 1.82) is 0 Å². The van der Waals surface area contributed by atoms with Crippen molar-refractivity contribution in [3.8, 4) is 5.75 Å². The predicted molar refractivity (Wildman–Crippen MR) is 99.4 cm³/mol. The van der Waals surface area contributed by atoms with Crippen molar-refractivity contribution in [2.75, 3.05) is 31.2 Å². The van der Waals surface area contributed by atoms with E-state index in [0.29, 0.717) is 37.3 Å². The molecule has 0 aromatic heterocycles. The number of anilines is 1. The van der Waals surface area contributed by atoms with E-state index in [2.05, 4.69) is 5.32 Å². The second kappa shape index (κ2) is 9.57. The Morgan fingerprint density at radius 2 is 2.04 bits per heavy atom. The topological polar surface area (TPSA) is 67.9 Å². The van der Waals surface area contributed by atoms with E-state index in [-0.39, 0.29) is 24.8 Å². The SMILES string of the molecule is O=C(CN1C(=O)CCOc2ccccc21)NCCCOC1CCCCC1. The Balaban J connectivity index is 1.41. The zero-order valence-electron chi connectivity index (χ0n) is 15.2. The monoisotopic (exact) mass is 360 g/mol. The standard InChI is InChI=1S/C20H28N2O4/c23-19(21-12-6-13-25-16-7-2-1-3-8-16)15-22-17-9-4-5-10-18(17)26-14-11-20(22)24/h4-5,9-10,16H,1-3,6-8,11-15H2,(H,21,23). The second-order valence-corrected chi connectivity index (χ2v) is 6.88. The Hall–Kier alpha value is -2.08. The van der Waals surface area contributed by atoms with Crippen molar-refractivity contribution >= 4 is 17.5 Å². The Bertz CT molecular complexity index is 614. The molecule has 1 heterocycles. The van der Waals surface area contributed by atoms with Gasteiger partial charge in [-0.25, -0.2) is 0 Å². The quantitative estimate of drug-likeness (QED) is 0.759. The molecule has 1 aromatic carbocycles. The Kier molecular flexibility index (Phi) is 6.89. The van der Waals surface area contributed by atoms with Gasteiger partial charge in [-0.05, 0) is 31.4 Å². The first kappa shape index (κ1) is 18.7. The second-order valence-electron chi connectivity index (χ2n) is 6.88. The highest BCUT2D eigenvalue weighted by Crippen LogP contribution is 2.30. The smallest absolute Gasteiger partial charge is 0.240 e. The molecule has 0 bridgehead atoms. The lowest BCUT2D eigenvalue weighted by atomic mass is 9.98. The van der Waals surface area contributed by atoms with Crippen LogP contribution in [-0.4, -0.2) is 44.2 Å². The molecule has 1 N–H and O–H groups in total. The van der Waals surface area contributed by atoms with E-state index in [1.165, 1.54) is 24.2 Å². The van der Waals surface area contributed by atoms with E-state index in [0.717, 1.165) is 19.3 Å². The maximum absolute atomic E-state index is 12.3. The summed E-state index contributed by atoms with van der Waals surface area (Å²) >= 11 is 0.